The topological polar surface area (TPSA) is 41.6 Å². The summed E-state index contributed by atoms with van der Waals surface area (Å²) in [5, 5.41) is 2.70. The van der Waals surface area contributed by atoms with E-state index in [4.69, 9.17) is 4.74 Å². The Morgan fingerprint density at radius 2 is 2.25 bits per heavy atom. The number of amides is 1. The van der Waals surface area contributed by atoms with Crippen molar-refractivity contribution >= 4 is 6.41 Å². The fourth-order valence-electron chi connectivity index (χ4n) is 1.61. The Bertz CT molecular complexity index is 340. The highest BCUT2D eigenvalue weighted by molar-refractivity contribution is 5.46. The second kappa shape index (κ2) is 6.12. The van der Waals surface area contributed by atoms with E-state index in [1.54, 1.807) is 7.11 Å². The first-order chi connectivity index (χ1) is 7.69. The SMILES string of the molecule is COc1cccc(C(CNC=O)N(C)C)c1. The maximum absolute atomic E-state index is 10.3. The minimum Gasteiger partial charge on any atom is -0.497 e. The van der Waals surface area contributed by atoms with Crippen LogP contribution in [0.1, 0.15) is 11.6 Å². The molecule has 0 aliphatic carbocycles. The van der Waals surface area contributed by atoms with Crippen molar-refractivity contribution in [1.29, 1.82) is 0 Å². The zero-order valence-corrected chi connectivity index (χ0v) is 9.93. The van der Waals surface area contributed by atoms with E-state index in [1.165, 1.54) is 0 Å². The number of benzene rings is 1. The molecule has 1 aromatic rings. The van der Waals surface area contributed by atoms with Crippen LogP contribution in [0.4, 0.5) is 0 Å². The maximum Gasteiger partial charge on any atom is 0.207 e. The average Bonchev–Trinajstić information content (AvgIpc) is 2.29. The molecule has 0 saturated heterocycles. The fraction of sp³-hybridized carbons (Fsp3) is 0.417. The van der Waals surface area contributed by atoms with Crippen molar-refractivity contribution in [1.82, 2.24) is 10.2 Å². The highest BCUT2D eigenvalue weighted by Gasteiger charge is 2.13. The number of hydrogen-bond donors (Lipinski definition) is 1. The summed E-state index contributed by atoms with van der Waals surface area (Å²) in [6, 6.07) is 8.02. The number of nitrogens with one attached hydrogen (secondary N) is 1. The number of nitrogens with zero attached hydrogens (tertiary/aromatic N) is 1. The van der Waals surface area contributed by atoms with E-state index in [2.05, 4.69) is 10.2 Å². The minimum atomic E-state index is 0.153. The van der Waals surface area contributed by atoms with E-state index in [-0.39, 0.29) is 6.04 Å². The molecule has 1 aromatic carbocycles. The molecule has 1 N–H and O–H groups in total. The largest absolute Gasteiger partial charge is 0.497 e. The van der Waals surface area contributed by atoms with Crippen molar-refractivity contribution in [2.45, 2.75) is 6.04 Å². The summed E-state index contributed by atoms with van der Waals surface area (Å²) >= 11 is 0. The number of carbonyl (C=O) groups excluding carboxylic acids is 1. The van der Waals surface area contributed by atoms with Crippen LogP contribution in [0.2, 0.25) is 0 Å². The standard InChI is InChI=1S/C12H18N2O2/c1-14(2)12(8-13-9-15)10-5-4-6-11(7-10)16-3/h4-7,9,12H,8H2,1-3H3,(H,13,15). The molecule has 0 aliphatic heterocycles. The molecule has 0 saturated carbocycles. The van der Waals surface area contributed by atoms with Gasteiger partial charge in [-0.05, 0) is 31.8 Å². The van der Waals surface area contributed by atoms with Gasteiger partial charge < -0.3 is 15.0 Å². The molecule has 4 nitrogen and oxygen atoms in total. The minimum absolute atomic E-state index is 0.153. The Morgan fingerprint density at radius 3 is 2.81 bits per heavy atom. The van der Waals surface area contributed by atoms with E-state index in [0.717, 1.165) is 17.7 Å². The first kappa shape index (κ1) is 12.5. The van der Waals surface area contributed by atoms with Gasteiger partial charge in [0, 0.05) is 6.54 Å². The van der Waals surface area contributed by atoms with Gasteiger partial charge in [-0.3, -0.25) is 4.79 Å². The van der Waals surface area contributed by atoms with Gasteiger partial charge in [-0.2, -0.15) is 0 Å². The normalized spacial score (nSPS) is 12.2. The summed E-state index contributed by atoms with van der Waals surface area (Å²) in [4.78, 5) is 12.4. The molecule has 4 heteroatoms. The molecule has 0 aromatic heterocycles. The van der Waals surface area contributed by atoms with Gasteiger partial charge in [-0.25, -0.2) is 0 Å². The van der Waals surface area contributed by atoms with E-state index < -0.39 is 0 Å². The number of carbonyl (C=O) groups is 1. The highest BCUT2D eigenvalue weighted by atomic mass is 16.5. The predicted molar refractivity (Wildman–Crippen MR) is 63.5 cm³/mol. The lowest BCUT2D eigenvalue weighted by atomic mass is 10.1. The zero-order chi connectivity index (χ0) is 12.0. The summed E-state index contributed by atoms with van der Waals surface area (Å²) in [6.45, 7) is 0.587. The number of rotatable bonds is 6. The van der Waals surface area contributed by atoms with Crippen LogP contribution in [0, 0.1) is 0 Å². The highest BCUT2D eigenvalue weighted by Crippen LogP contribution is 2.21. The third kappa shape index (κ3) is 3.24. The van der Waals surface area contributed by atoms with Crippen molar-refractivity contribution in [2.24, 2.45) is 0 Å². The number of hydrogen-bond acceptors (Lipinski definition) is 3. The van der Waals surface area contributed by atoms with E-state index in [1.807, 2.05) is 38.4 Å². The van der Waals surface area contributed by atoms with Crippen LogP contribution < -0.4 is 10.1 Å². The average molecular weight is 222 g/mol. The van der Waals surface area contributed by atoms with Gasteiger partial charge in [0.05, 0.1) is 13.2 Å². The lowest BCUT2D eigenvalue weighted by Gasteiger charge is -2.24. The van der Waals surface area contributed by atoms with Crippen molar-refractivity contribution in [3.05, 3.63) is 29.8 Å². The molecule has 0 aliphatic rings. The summed E-state index contributed by atoms with van der Waals surface area (Å²) in [5.41, 5.74) is 1.12. The number of methoxy groups -OCH3 is 1. The molecule has 0 bridgehead atoms. The zero-order valence-electron chi connectivity index (χ0n) is 9.93. The van der Waals surface area contributed by atoms with Crippen molar-refractivity contribution in [3.63, 3.8) is 0 Å². The molecule has 0 fully saturated rings. The van der Waals surface area contributed by atoms with Crippen LogP contribution in [-0.4, -0.2) is 39.1 Å². The molecule has 1 rings (SSSR count). The first-order valence-electron chi connectivity index (χ1n) is 5.16. The lowest BCUT2D eigenvalue weighted by Crippen LogP contribution is -2.30. The molecule has 1 atom stereocenters. The lowest BCUT2D eigenvalue weighted by molar-refractivity contribution is -0.109. The molecule has 0 heterocycles. The van der Waals surface area contributed by atoms with E-state index in [0.29, 0.717) is 6.54 Å². The van der Waals surface area contributed by atoms with Crippen molar-refractivity contribution in [3.8, 4) is 5.75 Å². The van der Waals surface area contributed by atoms with Crippen molar-refractivity contribution < 1.29 is 9.53 Å². The second-order valence-corrected chi connectivity index (χ2v) is 3.78. The smallest absolute Gasteiger partial charge is 0.207 e. The van der Waals surface area contributed by atoms with Crippen LogP contribution in [0.5, 0.6) is 5.75 Å². The molecule has 1 amide bonds. The Balaban J connectivity index is 2.86. The van der Waals surface area contributed by atoms with Crippen molar-refractivity contribution in [2.75, 3.05) is 27.7 Å². The summed E-state index contributed by atoms with van der Waals surface area (Å²) in [7, 11) is 5.61. The third-order valence-electron chi connectivity index (χ3n) is 2.50. The maximum atomic E-state index is 10.3. The number of likely N-dealkylation sites (N-methyl/N-ethyl adjacent to an activating group) is 1. The molecule has 0 radical (unpaired) electrons. The first-order valence-corrected chi connectivity index (χ1v) is 5.16. The van der Waals surface area contributed by atoms with Gasteiger partial charge in [0.25, 0.3) is 0 Å². The molecule has 0 spiro atoms. The van der Waals surface area contributed by atoms with Gasteiger partial charge in [0.1, 0.15) is 5.75 Å². The van der Waals surface area contributed by atoms with Crippen LogP contribution in [0.25, 0.3) is 0 Å². The predicted octanol–water partition coefficient (Wildman–Crippen LogP) is 1.04. The van der Waals surface area contributed by atoms with E-state index in [9.17, 15) is 4.79 Å². The molecule has 88 valence electrons. The summed E-state index contributed by atoms with van der Waals surface area (Å²) < 4.78 is 5.18. The van der Waals surface area contributed by atoms with Gasteiger partial charge in [-0.15, -0.1) is 0 Å². The molecular formula is C12H18N2O2. The Kier molecular flexibility index (Phi) is 4.79. The molecule has 16 heavy (non-hydrogen) atoms. The van der Waals surface area contributed by atoms with Crippen LogP contribution >= 0.6 is 0 Å². The third-order valence-corrected chi connectivity index (χ3v) is 2.50. The Morgan fingerprint density at radius 1 is 1.50 bits per heavy atom. The van der Waals surface area contributed by atoms with Crippen LogP contribution in [0.3, 0.4) is 0 Å². The fourth-order valence-corrected chi connectivity index (χ4v) is 1.61. The quantitative estimate of drug-likeness (QED) is 0.731. The van der Waals surface area contributed by atoms with Gasteiger partial charge in [-0.1, -0.05) is 12.1 Å². The van der Waals surface area contributed by atoms with Crippen LogP contribution in [0.15, 0.2) is 24.3 Å². The van der Waals surface area contributed by atoms with Gasteiger partial charge >= 0.3 is 0 Å². The summed E-state index contributed by atoms with van der Waals surface area (Å²) in [5.74, 6) is 0.829. The monoisotopic (exact) mass is 222 g/mol. The van der Waals surface area contributed by atoms with E-state index >= 15 is 0 Å². The van der Waals surface area contributed by atoms with Crippen LogP contribution in [-0.2, 0) is 4.79 Å². The molecular weight excluding hydrogens is 204 g/mol. The second-order valence-electron chi connectivity index (χ2n) is 3.78. The van der Waals surface area contributed by atoms with Gasteiger partial charge in [0.15, 0.2) is 0 Å². The Labute approximate surface area is 96.2 Å². The Hall–Kier alpha value is -1.55. The number of ether oxygens (including phenoxy) is 1. The summed E-state index contributed by atoms with van der Waals surface area (Å²) in [6.07, 6.45) is 0.719. The molecule has 1 unspecified atom stereocenters. The van der Waals surface area contributed by atoms with Gasteiger partial charge in [0.2, 0.25) is 6.41 Å².